The van der Waals surface area contributed by atoms with Gasteiger partial charge in [-0.1, -0.05) is 25.4 Å². The van der Waals surface area contributed by atoms with Gasteiger partial charge >= 0.3 is 5.97 Å². The molecule has 0 aliphatic heterocycles. The lowest BCUT2D eigenvalue weighted by molar-refractivity contribution is -0.137. The fourth-order valence-corrected chi connectivity index (χ4v) is 1.57. The summed E-state index contributed by atoms with van der Waals surface area (Å²) >= 11 is 5.62. The molecule has 1 aromatic rings. The average molecular weight is 274 g/mol. The maximum absolute atomic E-state index is 13.0. The molecule has 0 saturated heterocycles. The number of carboxylic acid groups (broad SMARTS) is 1. The van der Waals surface area contributed by atoms with Gasteiger partial charge in [0, 0.05) is 11.6 Å². The van der Waals surface area contributed by atoms with E-state index in [0.29, 0.717) is 0 Å². The summed E-state index contributed by atoms with van der Waals surface area (Å²) in [6.45, 7) is 2.82. The molecule has 0 aromatic heterocycles. The molecule has 0 bridgehead atoms. The first kappa shape index (κ1) is 14.4. The number of carbonyl (C=O) groups is 2. The van der Waals surface area contributed by atoms with Crippen LogP contribution in [0.3, 0.4) is 0 Å². The van der Waals surface area contributed by atoms with E-state index in [1.165, 1.54) is 12.1 Å². The van der Waals surface area contributed by atoms with E-state index in [4.69, 9.17) is 16.7 Å². The van der Waals surface area contributed by atoms with Gasteiger partial charge in [-0.2, -0.15) is 0 Å². The number of hydrogen-bond donors (Lipinski definition) is 1. The zero-order valence-electron chi connectivity index (χ0n) is 9.98. The van der Waals surface area contributed by atoms with E-state index < -0.39 is 18.3 Å². The molecule has 0 atom stereocenters. The van der Waals surface area contributed by atoms with Crippen LogP contribution in [0.1, 0.15) is 13.8 Å². The lowest BCUT2D eigenvalue weighted by Gasteiger charge is -2.23. The highest BCUT2D eigenvalue weighted by atomic mass is 35.5. The molecule has 0 aliphatic carbocycles. The molecule has 1 amide bonds. The van der Waals surface area contributed by atoms with E-state index in [0.717, 1.165) is 11.0 Å². The third-order valence-corrected chi connectivity index (χ3v) is 2.56. The fraction of sp³-hybridized carbons (Fsp3) is 0.333. The Morgan fingerprint density at radius 1 is 1.44 bits per heavy atom. The molecular formula is C12H13ClFNO3. The van der Waals surface area contributed by atoms with E-state index in [1.807, 2.05) is 0 Å². The maximum Gasteiger partial charge on any atom is 0.323 e. The van der Waals surface area contributed by atoms with Gasteiger partial charge in [0.15, 0.2) is 0 Å². The summed E-state index contributed by atoms with van der Waals surface area (Å²) < 4.78 is 13.0. The van der Waals surface area contributed by atoms with Crippen LogP contribution in [0.25, 0.3) is 0 Å². The van der Waals surface area contributed by atoms with Gasteiger partial charge in [-0.05, 0) is 18.2 Å². The van der Waals surface area contributed by atoms with Crippen LogP contribution >= 0.6 is 11.6 Å². The van der Waals surface area contributed by atoms with Crippen molar-refractivity contribution in [3.63, 3.8) is 0 Å². The van der Waals surface area contributed by atoms with Crippen LogP contribution in [0.2, 0.25) is 5.02 Å². The second-order valence-corrected chi connectivity index (χ2v) is 4.48. The number of carboxylic acids is 1. The Hall–Kier alpha value is -1.62. The summed E-state index contributed by atoms with van der Waals surface area (Å²) in [5, 5.41) is 8.65. The Balaban J connectivity index is 3.12. The number of nitrogens with zero attached hydrogens (tertiary/aromatic N) is 1. The second-order valence-electron chi connectivity index (χ2n) is 4.07. The predicted octanol–water partition coefficient (Wildman–Crippen LogP) is 2.55. The Kier molecular flexibility index (Phi) is 4.67. The molecule has 0 heterocycles. The fourth-order valence-electron chi connectivity index (χ4n) is 1.40. The highest BCUT2D eigenvalue weighted by Gasteiger charge is 2.22. The van der Waals surface area contributed by atoms with Gasteiger partial charge in [0.05, 0.1) is 5.02 Å². The largest absolute Gasteiger partial charge is 0.480 e. The first-order chi connectivity index (χ1) is 8.32. The zero-order chi connectivity index (χ0) is 13.9. The van der Waals surface area contributed by atoms with Crippen LogP contribution in [0.15, 0.2) is 18.2 Å². The van der Waals surface area contributed by atoms with Gasteiger partial charge in [-0.3, -0.25) is 9.59 Å². The first-order valence-electron chi connectivity index (χ1n) is 5.31. The number of carbonyl (C=O) groups excluding carboxylic acids is 1. The molecule has 1 N–H and O–H groups in total. The topological polar surface area (TPSA) is 57.6 Å². The summed E-state index contributed by atoms with van der Waals surface area (Å²) in [5.41, 5.74) is 0.266. The second kappa shape index (κ2) is 5.82. The molecule has 0 fully saturated rings. The molecule has 4 nitrogen and oxygen atoms in total. The van der Waals surface area contributed by atoms with Crippen LogP contribution in [-0.4, -0.2) is 23.5 Å². The van der Waals surface area contributed by atoms with E-state index >= 15 is 0 Å². The highest BCUT2D eigenvalue weighted by molar-refractivity contribution is 6.31. The van der Waals surface area contributed by atoms with Crippen LogP contribution < -0.4 is 4.90 Å². The predicted molar refractivity (Wildman–Crippen MR) is 66.2 cm³/mol. The third kappa shape index (κ3) is 3.43. The van der Waals surface area contributed by atoms with Crippen LogP contribution in [0, 0.1) is 11.7 Å². The maximum atomic E-state index is 13.0. The summed E-state index contributed by atoms with van der Waals surface area (Å²) in [5.74, 6) is -2.50. The third-order valence-electron chi connectivity index (χ3n) is 2.27. The summed E-state index contributed by atoms with van der Waals surface area (Å²) in [7, 11) is 0. The van der Waals surface area contributed by atoms with Gasteiger partial charge in [-0.25, -0.2) is 4.39 Å². The SMILES string of the molecule is CC(C)C(=O)N(CC(=O)O)c1ccc(F)c(Cl)c1. The van der Waals surface area contributed by atoms with Gasteiger partial charge < -0.3 is 10.0 Å². The van der Waals surface area contributed by atoms with Crippen molar-refractivity contribution < 1.29 is 19.1 Å². The summed E-state index contributed by atoms with van der Waals surface area (Å²) in [4.78, 5) is 23.7. The van der Waals surface area contributed by atoms with Gasteiger partial charge in [0.1, 0.15) is 12.4 Å². The van der Waals surface area contributed by atoms with Crippen molar-refractivity contribution in [1.29, 1.82) is 0 Å². The van der Waals surface area contributed by atoms with Crippen LogP contribution in [0.5, 0.6) is 0 Å². The van der Waals surface area contributed by atoms with E-state index in [-0.39, 0.29) is 22.5 Å². The van der Waals surface area contributed by atoms with E-state index in [9.17, 15) is 14.0 Å². The van der Waals surface area contributed by atoms with Crippen LogP contribution in [-0.2, 0) is 9.59 Å². The number of benzene rings is 1. The van der Waals surface area contributed by atoms with Gasteiger partial charge in [0.25, 0.3) is 0 Å². The Bertz CT molecular complexity index is 476. The number of aliphatic carboxylic acids is 1. The van der Waals surface area contributed by atoms with Crippen molar-refractivity contribution in [2.24, 2.45) is 5.92 Å². The normalized spacial score (nSPS) is 10.5. The molecule has 0 spiro atoms. The average Bonchev–Trinajstić information content (AvgIpc) is 2.28. The van der Waals surface area contributed by atoms with Crippen molar-refractivity contribution in [2.45, 2.75) is 13.8 Å². The molecular weight excluding hydrogens is 261 g/mol. The lowest BCUT2D eigenvalue weighted by atomic mass is 10.1. The van der Waals surface area contributed by atoms with Gasteiger partial charge in [0.2, 0.25) is 5.91 Å². The van der Waals surface area contributed by atoms with Crippen molar-refractivity contribution in [1.82, 2.24) is 0 Å². The standard InChI is InChI=1S/C12H13ClFNO3/c1-7(2)12(18)15(6-11(16)17)8-3-4-10(14)9(13)5-8/h3-5,7H,6H2,1-2H3,(H,16,17). The minimum absolute atomic E-state index is 0.153. The quantitative estimate of drug-likeness (QED) is 0.917. The Labute approximate surface area is 109 Å². The number of halogens is 2. The molecule has 1 aromatic carbocycles. The molecule has 18 heavy (non-hydrogen) atoms. The highest BCUT2D eigenvalue weighted by Crippen LogP contribution is 2.23. The summed E-state index contributed by atoms with van der Waals surface area (Å²) in [6, 6.07) is 3.66. The molecule has 6 heteroatoms. The molecule has 1 rings (SSSR count). The number of amides is 1. The van der Waals surface area contributed by atoms with E-state index in [2.05, 4.69) is 0 Å². The number of anilines is 1. The zero-order valence-corrected chi connectivity index (χ0v) is 10.7. The van der Waals surface area contributed by atoms with Crippen molar-refractivity contribution >= 4 is 29.2 Å². The van der Waals surface area contributed by atoms with Crippen LogP contribution in [0.4, 0.5) is 10.1 Å². The number of rotatable bonds is 4. The monoisotopic (exact) mass is 273 g/mol. The molecule has 0 aliphatic rings. The molecule has 0 radical (unpaired) electrons. The minimum Gasteiger partial charge on any atom is -0.480 e. The molecule has 98 valence electrons. The van der Waals surface area contributed by atoms with E-state index in [1.54, 1.807) is 13.8 Å². The minimum atomic E-state index is -1.15. The Morgan fingerprint density at radius 3 is 2.50 bits per heavy atom. The van der Waals surface area contributed by atoms with Crippen molar-refractivity contribution in [3.8, 4) is 0 Å². The smallest absolute Gasteiger partial charge is 0.323 e. The molecule has 0 unspecified atom stereocenters. The molecule has 0 saturated carbocycles. The summed E-state index contributed by atoms with van der Waals surface area (Å²) in [6.07, 6.45) is 0. The van der Waals surface area contributed by atoms with Crippen molar-refractivity contribution in [2.75, 3.05) is 11.4 Å². The Morgan fingerprint density at radius 2 is 2.06 bits per heavy atom. The van der Waals surface area contributed by atoms with Crippen molar-refractivity contribution in [3.05, 3.63) is 29.0 Å². The van der Waals surface area contributed by atoms with Gasteiger partial charge in [-0.15, -0.1) is 0 Å². The lowest BCUT2D eigenvalue weighted by Crippen LogP contribution is -2.38. The number of hydrogen-bond acceptors (Lipinski definition) is 2. The first-order valence-corrected chi connectivity index (χ1v) is 5.69.